The first kappa shape index (κ1) is 41.3. The molecule has 7 aliphatic heterocycles. The van der Waals surface area contributed by atoms with E-state index in [9.17, 15) is 19.2 Å². The lowest BCUT2D eigenvalue weighted by molar-refractivity contribution is -0.220. The molecule has 15 nitrogen and oxygen atoms in total. The van der Waals surface area contributed by atoms with E-state index in [1.54, 1.807) is 4.90 Å². The summed E-state index contributed by atoms with van der Waals surface area (Å²) in [6.07, 6.45) is 7.87. The molecule has 3 amide bonds. The molecule has 0 aromatic heterocycles. The highest BCUT2D eigenvalue weighted by molar-refractivity contribution is 6.20. The Morgan fingerprint density at radius 3 is 2.05 bits per heavy atom. The zero-order chi connectivity index (χ0) is 41.2. The fourth-order valence-electron chi connectivity index (χ4n) is 13.2. The number of rotatable bonds is 8. The highest BCUT2D eigenvalue weighted by Crippen LogP contribution is 2.53. The summed E-state index contributed by atoms with van der Waals surface area (Å²) >= 11 is 0. The van der Waals surface area contributed by atoms with Gasteiger partial charge in [-0.1, -0.05) is 12.8 Å². The molecule has 3 aliphatic carbocycles. The molecule has 0 bridgehead atoms. The number of amides is 3. The van der Waals surface area contributed by atoms with Crippen LogP contribution in [-0.4, -0.2) is 224 Å². The average Bonchev–Trinajstić information content (AvgIpc) is 3.98. The normalized spacial score (nSPS) is 41.6. The summed E-state index contributed by atoms with van der Waals surface area (Å²) in [6.45, 7) is 9.92. The number of nitrogens with zero attached hydrogens (tertiary/aromatic N) is 7. The number of carbonyl (C=O) groups excluding carboxylic acids is 4. The van der Waals surface area contributed by atoms with Gasteiger partial charge in [-0.2, -0.15) is 0 Å². The summed E-state index contributed by atoms with van der Waals surface area (Å²) in [5.74, 6) is -0.425. The Balaban J connectivity index is 0.858. The van der Waals surface area contributed by atoms with Gasteiger partial charge in [0, 0.05) is 103 Å². The van der Waals surface area contributed by atoms with Gasteiger partial charge in [0.05, 0.1) is 61.2 Å². The number of halogens is 1. The predicted molar refractivity (Wildman–Crippen MR) is 220 cm³/mol. The van der Waals surface area contributed by atoms with Gasteiger partial charge in [-0.25, -0.2) is 4.39 Å². The second-order valence-electron chi connectivity index (χ2n) is 20.2. The molecule has 13 atom stereocenters. The number of morpholine rings is 1. The largest absolute Gasteiger partial charge is 0.374 e. The molecular formula is C44H68FN9O6. The molecule has 332 valence electrons. The second kappa shape index (κ2) is 17.1. The molecule has 16 heteroatoms. The van der Waals surface area contributed by atoms with Crippen LogP contribution in [0.5, 0.6) is 0 Å². The number of nitrogens with one attached hydrogen (secondary N) is 2. The maximum Gasteiger partial charge on any atom is 0.259 e. The van der Waals surface area contributed by atoms with Gasteiger partial charge in [-0.05, 0) is 70.9 Å². The van der Waals surface area contributed by atoms with E-state index in [1.165, 1.54) is 19.3 Å². The minimum atomic E-state index is -1.33. The third-order valence-corrected chi connectivity index (χ3v) is 16.4. The van der Waals surface area contributed by atoms with E-state index in [4.69, 9.17) is 9.47 Å². The lowest BCUT2D eigenvalue weighted by atomic mass is 9.67. The van der Waals surface area contributed by atoms with Crippen LogP contribution in [0.25, 0.3) is 0 Å². The molecule has 0 aromatic carbocycles. The van der Waals surface area contributed by atoms with Crippen molar-refractivity contribution in [2.45, 2.75) is 119 Å². The van der Waals surface area contributed by atoms with Crippen LogP contribution in [-0.2, 0) is 28.7 Å². The molecule has 2 N–H and O–H groups in total. The SMILES string of the molecule is CN1CCN(CC(=O)N[C@@H]2CCN(C(=O)C3=CN4C5CC6OC7CCCCC7C6CC5OC5C(N6CC[C@@H](NC(=O)CN7CCN(C)CC7)C6)C(F)CC(C3=O)C54)C2)CC1. The van der Waals surface area contributed by atoms with E-state index < -0.39 is 30.3 Å². The Bertz CT molecular complexity index is 1670. The summed E-state index contributed by atoms with van der Waals surface area (Å²) in [7, 11) is 4.20. The van der Waals surface area contributed by atoms with E-state index in [-0.39, 0.29) is 71.9 Å². The van der Waals surface area contributed by atoms with E-state index in [1.807, 2.05) is 6.20 Å². The second-order valence-corrected chi connectivity index (χ2v) is 20.2. The molecule has 60 heavy (non-hydrogen) atoms. The van der Waals surface area contributed by atoms with E-state index in [0.717, 1.165) is 78.0 Å². The van der Waals surface area contributed by atoms with Gasteiger partial charge in [0.15, 0.2) is 5.78 Å². The van der Waals surface area contributed by atoms with Crippen LogP contribution in [0.1, 0.15) is 57.8 Å². The van der Waals surface area contributed by atoms with Crippen LogP contribution >= 0.6 is 0 Å². The van der Waals surface area contributed by atoms with E-state index in [2.05, 4.69) is 54.1 Å². The number of ether oxygens (including phenoxy) is 2. The van der Waals surface area contributed by atoms with Crippen molar-refractivity contribution in [3.63, 3.8) is 0 Å². The van der Waals surface area contributed by atoms with Gasteiger partial charge < -0.3 is 39.7 Å². The Morgan fingerprint density at radius 2 is 1.35 bits per heavy atom. The number of piperazine rings is 2. The van der Waals surface area contributed by atoms with Gasteiger partial charge in [0.2, 0.25) is 11.8 Å². The maximum atomic E-state index is 17.0. The molecule has 9 fully saturated rings. The number of alkyl halides is 1. The number of fused-ring (bicyclic) bond motifs is 5. The Labute approximate surface area is 354 Å². The van der Waals surface area contributed by atoms with Crippen molar-refractivity contribution in [2.75, 3.05) is 106 Å². The number of carbonyl (C=O) groups is 4. The van der Waals surface area contributed by atoms with Gasteiger partial charge >= 0.3 is 0 Å². The van der Waals surface area contributed by atoms with E-state index in [0.29, 0.717) is 57.5 Å². The number of likely N-dealkylation sites (N-methyl/N-ethyl adjacent to an activating group) is 2. The summed E-state index contributed by atoms with van der Waals surface area (Å²) in [6, 6.07) is -1.28. The van der Waals surface area contributed by atoms with Crippen molar-refractivity contribution < 1.29 is 33.0 Å². The van der Waals surface area contributed by atoms with E-state index >= 15 is 4.39 Å². The number of ketones is 1. The standard InChI is InChI=1S/C44H68FN9O6/c1-48-11-15-50(16-12-48)25-38(55)46-27-7-9-52(22-27)41-33(45)19-31-40-43(41)60-37-20-30-29-5-3-4-6-35(29)59-36(30)21-34(37)54(40)24-32(42(31)57)44(58)53-10-8-28(23-53)47-39(56)26-51-17-13-49(2)14-18-51/h24,27-31,33-37,40-41,43H,3-23,25-26H2,1-2H3,(H,46,55)(H,47,56)/t27-,28-,29?,30?,31?,33?,34?,35?,36?,37?,40?,41?,43?/m1/s1. The smallest absolute Gasteiger partial charge is 0.259 e. The van der Waals surface area contributed by atoms with Gasteiger partial charge in [-0.3, -0.25) is 33.9 Å². The molecule has 3 saturated carbocycles. The zero-order valence-electron chi connectivity index (χ0n) is 35.8. The summed E-state index contributed by atoms with van der Waals surface area (Å²) in [5, 5.41) is 6.41. The minimum Gasteiger partial charge on any atom is -0.374 e. The summed E-state index contributed by atoms with van der Waals surface area (Å²) < 4.78 is 31.0. The third-order valence-electron chi connectivity index (χ3n) is 16.4. The van der Waals surface area contributed by atoms with Crippen LogP contribution in [0.2, 0.25) is 0 Å². The number of likely N-dealkylation sites (tertiary alicyclic amines) is 2. The first-order valence-corrected chi connectivity index (χ1v) is 23.5. The van der Waals surface area contributed by atoms with Crippen LogP contribution in [0.15, 0.2) is 11.8 Å². The minimum absolute atomic E-state index is 0.0176. The Kier molecular flexibility index (Phi) is 11.8. The molecule has 7 heterocycles. The monoisotopic (exact) mass is 838 g/mol. The van der Waals surface area contributed by atoms with Crippen molar-refractivity contribution in [1.82, 2.24) is 44.9 Å². The molecule has 10 aliphatic rings. The molecule has 0 aromatic rings. The highest BCUT2D eigenvalue weighted by atomic mass is 19.1. The van der Waals surface area contributed by atoms with Crippen molar-refractivity contribution >= 4 is 23.5 Å². The van der Waals surface area contributed by atoms with Gasteiger partial charge in [-0.15, -0.1) is 0 Å². The van der Waals surface area contributed by atoms with Crippen molar-refractivity contribution in [3.8, 4) is 0 Å². The first-order chi connectivity index (χ1) is 29.1. The van der Waals surface area contributed by atoms with Gasteiger partial charge in [0.25, 0.3) is 5.91 Å². The maximum absolute atomic E-state index is 17.0. The quantitative estimate of drug-likeness (QED) is 0.313. The molecule has 11 unspecified atom stereocenters. The molecule has 10 rings (SSSR count). The third kappa shape index (κ3) is 8.04. The van der Waals surface area contributed by atoms with Crippen LogP contribution in [0.4, 0.5) is 4.39 Å². The zero-order valence-corrected chi connectivity index (χ0v) is 35.8. The first-order valence-electron chi connectivity index (χ1n) is 23.5. The lowest BCUT2D eigenvalue weighted by Gasteiger charge is -2.61. The molecule has 0 radical (unpaired) electrons. The number of hydrogen-bond acceptors (Lipinski definition) is 12. The Hall–Kier alpha value is -2.73. The van der Waals surface area contributed by atoms with Crippen molar-refractivity contribution in [1.29, 1.82) is 0 Å². The summed E-state index contributed by atoms with van der Waals surface area (Å²) in [5.41, 5.74) is 0.137. The molecule has 6 saturated heterocycles. The number of hydrogen-bond donors (Lipinski definition) is 2. The predicted octanol–water partition coefficient (Wildman–Crippen LogP) is -0.244. The molecule has 0 spiro atoms. The Morgan fingerprint density at radius 1 is 0.700 bits per heavy atom. The van der Waals surface area contributed by atoms with Crippen LogP contribution in [0.3, 0.4) is 0 Å². The average molecular weight is 838 g/mol. The number of Topliss-reactive ketones (excluding diaryl/α,β-unsaturated/α-hetero) is 1. The van der Waals surface area contributed by atoms with Crippen LogP contribution in [0, 0.1) is 17.8 Å². The summed E-state index contributed by atoms with van der Waals surface area (Å²) in [4.78, 5) is 70.3. The molecular weight excluding hydrogens is 770 g/mol. The van der Waals surface area contributed by atoms with Crippen molar-refractivity contribution in [2.24, 2.45) is 17.8 Å². The van der Waals surface area contributed by atoms with Crippen LogP contribution < -0.4 is 10.6 Å². The lowest BCUT2D eigenvalue weighted by Crippen LogP contribution is -2.73. The van der Waals surface area contributed by atoms with Gasteiger partial charge in [0.1, 0.15) is 6.17 Å². The fourth-order valence-corrected chi connectivity index (χ4v) is 13.2. The van der Waals surface area contributed by atoms with Crippen molar-refractivity contribution in [3.05, 3.63) is 11.8 Å². The highest BCUT2D eigenvalue weighted by Gasteiger charge is 2.62. The fraction of sp³-hybridized carbons (Fsp3) is 0.864. The topological polar surface area (TPSA) is 133 Å².